The lowest BCUT2D eigenvalue weighted by Crippen LogP contribution is -2.41. The molecule has 1 aliphatic heterocycles. The summed E-state index contributed by atoms with van der Waals surface area (Å²) in [5.41, 5.74) is 4.41. The van der Waals surface area contributed by atoms with Crippen LogP contribution in [0.25, 0.3) is 0 Å². The summed E-state index contributed by atoms with van der Waals surface area (Å²) in [5, 5.41) is 13.9. The molecule has 2 atom stereocenters. The molecule has 4 heteroatoms. The Morgan fingerprint density at radius 3 is 2.54 bits per heavy atom. The van der Waals surface area contributed by atoms with Gasteiger partial charge in [0.05, 0.1) is 0 Å². The van der Waals surface area contributed by atoms with Crippen molar-refractivity contribution in [1.82, 2.24) is 5.32 Å². The Kier molecular flexibility index (Phi) is 5.07. The van der Waals surface area contributed by atoms with Crippen LogP contribution in [0.15, 0.2) is 51.9 Å². The van der Waals surface area contributed by atoms with Crippen LogP contribution in [0.3, 0.4) is 0 Å². The molecule has 0 fully saturated rings. The van der Waals surface area contributed by atoms with E-state index in [-0.39, 0.29) is 12.2 Å². The Bertz CT molecular complexity index is 753. The summed E-state index contributed by atoms with van der Waals surface area (Å²) in [7, 11) is 0. The minimum Gasteiger partial charge on any atom is -0.508 e. The Hall–Kier alpha value is -1.65. The van der Waals surface area contributed by atoms with Crippen molar-refractivity contribution in [2.24, 2.45) is 10.9 Å². The van der Waals surface area contributed by atoms with Crippen LogP contribution in [-0.2, 0) is 0 Å². The summed E-state index contributed by atoms with van der Waals surface area (Å²) >= 11 is 3.51. The van der Waals surface area contributed by atoms with Gasteiger partial charge >= 0.3 is 0 Å². The quantitative estimate of drug-likeness (QED) is 0.781. The topological polar surface area (TPSA) is 44.6 Å². The van der Waals surface area contributed by atoms with E-state index in [0.717, 1.165) is 27.7 Å². The van der Waals surface area contributed by atoms with Crippen molar-refractivity contribution in [3.05, 3.63) is 63.6 Å². The summed E-state index contributed by atoms with van der Waals surface area (Å²) in [6.07, 6.45) is 0.800. The van der Waals surface area contributed by atoms with Gasteiger partial charge in [-0.2, -0.15) is 0 Å². The highest BCUT2D eigenvalue weighted by atomic mass is 79.9. The molecule has 0 saturated carbocycles. The summed E-state index contributed by atoms with van der Waals surface area (Å²) < 4.78 is 0.970. The van der Waals surface area contributed by atoms with Gasteiger partial charge in [0.15, 0.2) is 0 Å². The Balaban J connectivity index is 1.97. The normalized spacial score (nSPS) is 21.0. The maximum absolute atomic E-state index is 10.3. The number of benzene rings is 2. The van der Waals surface area contributed by atoms with Crippen molar-refractivity contribution in [1.29, 1.82) is 0 Å². The van der Waals surface area contributed by atoms with E-state index in [1.807, 2.05) is 12.1 Å². The number of rotatable bonds is 3. The first-order valence-corrected chi connectivity index (χ1v) is 9.11. The van der Waals surface area contributed by atoms with E-state index in [0.29, 0.717) is 11.7 Å². The Morgan fingerprint density at radius 2 is 1.88 bits per heavy atom. The third kappa shape index (κ3) is 3.70. The molecule has 2 unspecified atom stereocenters. The summed E-state index contributed by atoms with van der Waals surface area (Å²) in [6, 6.07) is 14.1. The molecule has 2 aromatic rings. The van der Waals surface area contributed by atoms with Gasteiger partial charge in [0.1, 0.15) is 11.9 Å². The van der Waals surface area contributed by atoms with Crippen LogP contribution in [0.4, 0.5) is 0 Å². The van der Waals surface area contributed by atoms with Crippen LogP contribution in [0.5, 0.6) is 5.75 Å². The minimum atomic E-state index is 0.0402. The van der Waals surface area contributed by atoms with Gasteiger partial charge in [0.25, 0.3) is 0 Å². The van der Waals surface area contributed by atoms with E-state index >= 15 is 0 Å². The highest BCUT2D eigenvalue weighted by Gasteiger charge is 2.28. The number of phenolic OH excluding ortho intramolecular Hbond substituents is 1. The SMILES string of the molecule is Cc1ccc(C2=NC(C(C)C)NC(c3cc(Br)ccc3O)C2)cc1. The monoisotopic (exact) mass is 386 g/mol. The number of phenols is 1. The number of hydrogen-bond donors (Lipinski definition) is 2. The number of aliphatic imine (C=N–C) groups is 1. The Morgan fingerprint density at radius 1 is 1.17 bits per heavy atom. The van der Waals surface area contributed by atoms with Gasteiger partial charge in [-0.1, -0.05) is 59.6 Å². The van der Waals surface area contributed by atoms with Crippen molar-refractivity contribution in [3.63, 3.8) is 0 Å². The van der Waals surface area contributed by atoms with E-state index in [1.165, 1.54) is 5.56 Å². The first-order valence-electron chi connectivity index (χ1n) is 8.32. The average Bonchev–Trinajstić information content (AvgIpc) is 2.57. The van der Waals surface area contributed by atoms with Gasteiger partial charge in [-0.3, -0.25) is 10.3 Å². The lowest BCUT2D eigenvalue weighted by atomic mass is 9.93. The molecule has 2 N–H and O–H groups in total. The molecule has 24 heavy (non-hydrogen) atoms. The maximum atomic E-state index is 10.3. The van der Waals surface area contributed by atoms with Crippen LogP contribution in [0.1, 0.15) is 43.0 Å². The molecule has 0 aromatic heterocycles. The molecule has 3 rings (SSSR count). The largest absolute Gasteiger partial charge is 0.508 e. The molecule has 126 valence electrons. The molecule has 3 nitrogen and oxygen atoms in total. The van der Waals surface area contributed by atoms with Crippen molar-refractivity contribution >= 4 is 21.6 Å². The average molecular weight is 387 g/mol. The zero-order valence-corrected chi connectivity index (χ0v) is 15.8. The zero-order valence-electron chi connectivity index (χ0n) is 14.3. The van der Waals surface area contributed by atoms with Crippen LogP contribution in [-0.4, -0.2) is 17.0 Å². The molecule has 0 aliphatic carbocycles. The van der Waals surface area contributed by atoms with Gasteiger partial charge in [-0.25, -0.2) is 0 Å². The molecule has 0 radical (unpaired) electrons. The van der Waals surface area contributed by atoms with Crippen molar-refractivity contribution in [3.8, 4) is 5.75 Å². The second kappa shape index (κ2) is 7.08. The zero-order chi connectivity index (χ0) is 17.3. The van der Waals surface area contributed by atoms with Crippen molar-refractivity contribution in [2.75, 3.05) is 0 Å². The molecule has 1 aliphatic rings. The molecule has 0 saturated heterocycles. The number of aryl methyl sites for hydroxylation is 1. The first kappa shape index (κ1) is 17.2. The number of aromatic hydroxyl groups is 1. The second-order valence-electron chi connectivity index (χ2n) is 6.76. The number of nitrogens with one attached hydrogen (secondary N) is 1. The molecule has 1 heterocycles. The summed E-state index contributed by atoms with van der Waals surface area (Å²) in [6.45, 7) is 6.42. The molecule has 0 spiro atoms. The predicted molar refractivity (Wildman–Crippen MR) is 103 cm³/mol. The van der Waals surface area contributed by atoms with E-state index in [4.69, 9.17) is 4.99 Å². The van der Waals surface area contributed by atoms with Crippen molar-refractivity contribution < 1.29 is 5.11 Å². The summed E-state index contributed by atoms with van der Waals surface area (Å²) in [4.78, 5) is 4.92. The fraction of sp³-hybridized carbons (Fsp3) is 0.350. The van der Waals surface area contributed by atoms with E-state index in [1.54, 1.807) is 6.07 Å². The van der Waals surface area contributed by atoms with Crippen LogP contribution < -0.4 is 5.32 Å². The number of nitrogens with zero attached hydrogens (tertiary/aromatic N) is 1. The van der Waals surface area contributed by atoms with Crippen LogP contribution in [0.2, 0.25) is 0 Å². The Labute approximate surface area is 152 Å². The van der Waals surface area contributed by atoms with Gasteiger partial charge in [0.2, 0.25) is 0 Å². The summed E-state index contributed by atoms with van der Waals surface area (Å²) in [5.74, 6) is 0.700. The molecule has 0 bridgehead atoms. The van der Waals surface area contributed by atoms with Crippen LogP contribution in [0, 0.1) is 12.8 Å². The van der Waals surface area contributed by atoms with Gasteiger partial charge in [-0.15, -0.1) is 0 Å². The van der Waals surface area contributed by atoms with E-state index < -0.39 is 0 Å². The van der Waals surface area contributed by atoms with Gasteiger partial charge in [-0.05, 0) is 36.6 Å². The van der Waals surface area contributed by atoms with Crippen LogP contribution >= 0.6 is 15.9 Å². The maximum Gasteiger partial charge on any atom is 0.120 e. The fourth-order valence-corrected chi connectivity index (χ4v) is 3.38. The lowest BCUT2D eigenvalue weighted by Gasteiger charge is -2.32. The first-order chi connectivity index (χ1) is 11.4. The third-order valence-corrected chi connectivity index (χ3v) is 4.94. The van der Waals surface area contributed by atoms with Gasteiger partial charge < -0.3 is 5.11 Å². The fourth-order valence-electron chi connectivity index (χ4n) is 3.00. The van der Waals surface area contributed by atoms with Crippen molar-refractivity contribution in [2.45, 2.75) is 39.4 Å². The second-order valence-corrected chi connectivity index (χ2v) is 7.67. The molecule has 0 amide bonds. The molecular weight excluding hydrogens is 364 g/mol. The predicted octanol–water partition coefficient (Wildman–Crippen LogP) is 4.97. The smallest absolute Gasteiger partial charge is 0.120 e. The van der Waals surface area contributed by atoms with Gasteiger partial charge in [0, 0.05) is 28.2 Å². The van der Waals surface area contributed by atoms with E-state index in [2.05, 4.69) is 66.3 Å². The minimum absolute atomic E-state index is 0.0402. The molecule has 2 aromatic carbocycles. The number of halogens is 1. The van der Waals surface area contributed by atoms with E-state index in [9.17, 15) is 5.11 Å². The molecular formula is C20H23BrN2O. The number of hydrogen-bond acceptors (Lipinski definition) is 3. The highest BCUT2D eigenvalue weighted by Crippen LogP contribution is 2.33. The lowest BCUT2D eigenvalue weighted by molar-refractivity contribution is 0.345. The standard InChI is InChI=1S/C20H23BrN2O/c1-12(2)20-22-17(14-6-4-13(3)5-7-14)11-18(23-20)16-10-15(21)8-9-19(16)24/h4-10,12,18,20,23-24H,11H2,1-3H3. The third-order valence-electron chi connectivity index (χ3n) is 4.45. The highest BCUT2D eigenvalue weighted by molar-refractivity contribution is 9.10.